The Morgan fingerprint density at radius 3 is 2.80 bits per heavy atom. The fraction of sp³-hybridized carbons (Fsp3) is 0.312. The van der Waals surface area contributed by atoms with E-state index in [1.165, 1.54) is 11.3 Å². The molecule has 3 aromatic rings. The van der Waals surface area contributed by atoms with Gasteiger partial charge in [-0.1, -0.05) is 6.07 Å². The van der Waals surface area contributed by atoms with Crippen LogP contribution in [0.25, 0.3) is 21.7 Å². The van der Waals surface area contributed by atoms with Gasteiger partial charge in [-0.15, -0.1) is 11.3 Å². The van der Waals surface area contributed by atoms with Crippen LogP contribution in [0, 0.1) is 0 Å². The SMILES string of the molecule is O=c1[nH]c(-c2ccccn2)nc2c(C3O[C@H](CO)[C@@H](O)[C@H]3O)csc12. The highest BCUT2D eigenvalue weighted by Gasteiger charge is 2.44. The number of nitrogens with zero attached hydrogens (tertiary/aromatic N) is 2. The first-order chi connectivity index (χ1) is 12.1. The molecule has 0 bridgehead atoms. The molecule has 1 aliphatic rings. The van der Waals surface area contributed by atoms with Crippen LogP contribution in [-0.4, -0.2) is 55.2 Å². The minimum Gasteiger partial charge on any atom is -0.394 e. The summed E-state index contributed by atoms with van der Waals surface area (Å²) in [6.07, 6.45) is -2.57. The molecule has 0 saturated carbocycles. The standard InChI is InChI=1S/C16H15N3O5S/c20-5-9-11(21)12(22)13(24-9)7-6-25-14-10(7)18-15(19-16(14)23)8-3-1-2-4-17-8/h1-4,6,9,11-13,20-22H,5H2,(H,18,19,23)/t9-,11-,12-,13?/m1/s1. The van der Waals surface area contributed by atoms with Crippen LogP contribution in [0.5, 0.6) is 0 Å². The summed E-state index contributed by atoms with van der Waals surface area (Å²) in [5.41, 5.74) is 1.10. The highest BCUT2D eigenvalue weighted by molar-refractivity contribution is 7.17. The van der Waals surface area contributed by atoms with Gasteiger partial charge in [0.15, 0.2) is 5.82 Å². The van der Waals surface area contributed by atoms with Gasteiger partial charge in [0.05, 0.1) is 12.1 Å². The van der Waals surface area contributed by atoms with Crippen LogP contribution in [0.15, 0.2) is 34.6 Å². The van der Waals surface area contributed by atoms with Gasteiger partial charge in [-0.05, 0) is 17.5 Å². The summed E-state index contributed by atoms with van der Waals surface area (Å²) in [6, 6.07) is 5.27. The van der Waals surface area contributed by atoms with E-state index in [4.69, 9.17) is 4.74 Å². The third-order valence-corrected chi connectivity index (χ3v) is 5.20. The van der Waals surface area contributed by atoms with E-state index in [2.05, 4.69) is 15.0 Å². The Bertz CT molecular complexity index is 957. The third-order valence-electron chi connectivity index (χ3n) is 4.21. The fourth-order valence-corrected chi connectivity index (χ4v) is 3.85. The minimum atomic E-state index is -1.21. The Hall–Kier alpha value is -2.17. The second-order valence-corrected chi connectivity index (χ2v) is 6.64. The largest absolute Gasteiger partial charge is 0.394 e. The van der Waals surface area contributed by atoms with E-state index in [1.807, 2.05) is 0 Å². The van der Waals surface area contributed by atoms with Gasteiger partial charge in [-0.25, -0.2) is 4.98 Å². The number of hydrogen-bond donors (Lipinski definition) is 4. The summed E-state index contributed by atoms with van der Waals surface area (Å²) in [5.74, 6) is 0.310. The molecular formula is C16H15N3O5S. The number of ether oxygens (including phenoxy) is 1. The van der Waals surface area contributed by atoms with Crippen molar-refractivity contribution in [1.82, 2.24) is 15.0 Å². The van der Waals surface area contributed by atoms with E-state index in [9.17, 15) is 20.1 Å². The van der Waals surface area contributed by atoms with Gasteiger partial charge in [0.1, 0.15) is 34.8 Å². The maximum atomic E-state index is 12.4. The molecule has 1 fully saturated rings. The lowest BCUT2D eigenvalue weighted by atomic mass is 10.0. The second kappa shape index (κ2) is 6.28. The molecule has 9 heteroatoms. The smallest absolute Gasteiger partial charge is 0.269 e. The summed E-state index contributed by atoms with van der Waals surface area (Å²) in [4.78, 5) is 23.7. The van der Waals surface area contributed by atoms with E-state index >= 15 is 0 Å². The predicted molar refractivity (Wildman–Crippen MR) is 90.2 cm³/mol. The summed E-state index contributed by atoms with van der Waals surface area (Å²) < 4.78 is 5.96. The minimum absolute atomic E-state index is 0.310. The number of fused-ring (bicyclic) bond motifs is 1. The molecule has 130 valence electrons. The zero-order chi connectivity index (χ0) is 17.6. The molecule has 4 heterocycles. The van der Waals surface area contributed by atoms with Crippen LogP contribution < -0.4 is 5.56 Å². The number of rotatable bonds is 3. The Morgan fingerprint density at radius 1 is 1.28 bits per heavy atom. The first kappa shape index (κ1) is 16.3. The van der Waals surface area contributed by atoms with Crippen LogP contribution in [0.3, 0.4) is 0 Å². The van der Waals surface area contributed by atoms with Gasteiger partial charge < -0.3 is 25.0 Å². The lowest BCUT2D eigenvalue weighted by Crippen LogP contribution is -2.32. The molecule has 0 amide bonds. The van der Waals surface area contributed by atoms with Crippen molar-refractivity contribution in [3.63, 3.8) is 0 Å². The first-order valence-corrected chi connectivity index (χ1v) is 8.53. The van der Waals surface area contributed by atoms with Crippen molar-refractivity contribution in [2.45, 2.75) is 24.4 Å². The van der Waals surface area contributed by atoms with Crippen molar-refractivity contribution in [2.24, 2.45) is 0 Å². The predicted octanol–water partition coefficient (Wildman–Crippen LogP) is 0.201. The molecule has 0 spiro atoms. The summed E-state index contributed by atoms with van der Waals surface area (Å²) >= 11 is 1.18. The lowest BCUT2D eigenvalue weighted by Gasteiger charge is -2.13. The molecule has 0 aliphatic carbocycles. The maximum absolute atomic E-state index is 12.4. The topological polar surface area (TPSA) is 129 Å². The van der Waals surface area contributed by atoms with Crippen molar-refractivity contribution in [2.75, 3.05) is 6.61 Å². The molecule has 8 nitrogen and oxygen atoms in total. The lowest BCUT2D eigenvalue weighted by molar-refractivity contribution is -0.0223. The Morgan fingerprint density at radius 2 is 2.12 bits per heavy atom. The first-order valence-electron chi connectivity index (χ1n) is 7.65. The summed E-state index contributed by atoms with van der Waals surface area (Å²) in [5, 5.41) is 31.1. The van der Waals surface area contributed by atoms with E-state index in [-0.39, 0.29) is 5.56 Å². The second-order valence-electron chi connectivity index (χ2n) is 5.76. The Kier molecular flexibility index (Phi) is 4.10. The van der Waals surface area contributed by atoms with Crippen LogP contribution in [-0.2, 0) is 4.74 Å². The molecular weight excluding hydrogens is 346 g/mol. The van der Waals surface area contributed by atoms with E-state index in [0.717, 1.165) is 0 Å². The van der Waals surface area contributed by atoms with E-state index in [1.54, 1.807) is 29.8 Å². The van der Waals surface area contributed by atoms with Crippen LogP contribution in [0.2, 0.25) is 0 Å². The normalized spacial score (nSPS) is 26.4. The molecule has 3 aromatic heterocycles. The van der Waals surface area contributed by atoms with Crippen LogP contribution >= 0.6 is 11.3 Å². The summed E-state index contributed by atoms with van der Waals surface area (Å²) in [6.45, 7) is -0.413. The average molecular weight is 361 g/mol. The Labute approximate surface area is 145 Å². The fourth-order valence-electron chi connectivity index (χ4n) is 2.93. The highest BCUT2D eigenvalue weighted by Crippen LogP contribution is 2.38. The number of H-pyrrole nitrogens is 1. The number of pyridine rings is 1. The van der Waals surface area contributed by atoms with Crippen LogP contribution in [0.1, 0.15) is 11.7 Å². The quantitative estimate of drug-likeness (QED) is 0.524. The van der Waals surface area contributed by atoms with Crippen LogP contribution in [0.4, 0.5) is 0 Å². The average Bonchev–Trinajstić information content (AvgIpc) is 3.18. The van der Waals surface area contributed by atoms with E-state index in [0.29, 0.717) is 27.3 Å². The molecule has 4 N–H and O–H groups in total. The number of nitrogens with one attached hydrogen (secondary N) is 1. The monoisotopic (exact) mass is 361 g/mol. The molecule has 4 rings (SSSR count). The highest BCUT2D eigenvalue weighted by atomic mass is 32.1. The number of hydrogen-bond acceptors (Lipinski definition) is 8. The van der Waals surface area contributed by atoms with Gasteiger partial charge in [-0.3, -0.25) is 9.78 Å². The van der Waals surface area contributed by atoms with E-state index < -0.39 is 31.0 Å². The van der Waals surface area contributed by atoms with Gasteiger partial charge in [0.2, 0.25) is 0 Å². The maximum Gasteiger partial charge on any atom is 0.269 e. The van der Waals surface area contributed by atoms with Crippen molar-refractivity contribution < 1.29 is 20.1 Å². The van der Waals surface area contributed by atoms with Gasteiger partial charge in [0, 0.05) is 11.8 Å². The van der Waals surface area contributed by atoms with Crippen molar-refractivity contribution in [1.29, 1.82) is 0 Å². The molecule has 1 aliphatic heterocycles. The van der Waals surface area contributed by atoms with Gasteiger partial charge in [-0.2, -0.15) is 0 Å². The van der Waals surface area contributed by atoms with Crippen molar-refractivity contribution in [3.8, 4) is 11.5 Å². The molecule has 25 heavy (non-hydrogen) atoms. The number of aromatic nitrogens is 3. The molecule has 0 aromatic carbocycles. The zero-order valence-electron chi connectivity index (χ0n) is 12.9. The van der Waals surface area contributed by atoms with Gasteiger partial charge in [0.25, 0.3) is 5.56 Å². The molecule has 4 atom stereocenters. The van der Waals surface area contributed by atoms with Crippen molar-refractivity contribution >= 4 is 21.6 Å². The molecule has 1 saturated heterocycles. The number of aromatic amines is 1. The Balaban J connectivity index is 1.84. The van der Waals surface area contributed by atoms with Crippen molar-refractivity contribution in [3.05, 3.63) is 45.7 Å². The molecule has 1 unspecified atom stereocenters. The van der Waals surface area contributed by atoms with Gasteiger partial charge >= 0.3 is 0 Å². The zero-order valence-corrected chi connectivity index (χ0v) is 13.7. The number of thiophene rings is 1. The number of aliphatic hydroxyl groups excluding tert-OH is 3. The third kappa shape index (κ3) is 2.66. The number of aliphatic hydroxyl groups is 3. The summed E-state index contributed by atoms with van der Waals surface area (Å²) in [7, 11) is 0. The molecule has 0 radical (unpaired) electrons.